The van der Waals surface area contributed by atoms with E-state index in [9.17, 15) is 9.90 Å². The van der Waals surface area contributed by atoms with E-state index in [0.29, 0.717) is 12.0 Å². The number of ether oxygens (including phenoxy) is 1. The summed E-state index contributed by atoms with van der Waals surface area (Å²) in [5.74, 6) is 2.35. The van der Waals surface area contributed by atoms with Gasteiger partial charge in [-0.1, -0.05) is 18.2 Å². The summed E-state index contributed by atoms with van der Waals surface area (Å²) in [5.41, 5.74) is 5.53. The number of aromatic nitrogens is 3. The number of aliphatic hydroxyl groups is 1. The van der Waals surface area contributed by atoms with Crippen molar-refractivity contribution in [2.24, 2.45) is 11.3 Å². The normalized spacial score (nSPS) is 18.4. The standard InChI is InChI=1S/C25H33N5O2.C4H7NO/c1-17-3-4-20(11-18(17)2)21-14-28-30-23(26-13-19-5-9-32-10-6-19)12-22(29-24(21)30)27-15-25(16-31)7-8-25;6-3-5-4-1-2-4/h3-4,11-12,14,19,26,31H,5-10,13,15-16H2,1-2H3,(H,27,29);3-4H,1-2H2,(H,5,6). The molecular formula is C29H40N6O3. The molecule has 0 spiro atoms. The molecule has 6 rings (SSSR count). The Bertz CT molecular complexity index is 1240. The third kappa shape index (κ3) is 6.45. The summed E-state index contributed by atoms with van der Waals surface area (Å²) in [6.07, 6.45) is 9.32. The molecule has 9 nitrogen and oxygen atoms in total. The first-order valence-electron chi connectivity index (χ1n) is 13.8. The van der Waals surface area contributed by atoms with Crippen LogP contribution in [0.3, 0.4) is 0 Å². The van der Waals surface area contributed by atoms with E-state index >= 15 is 0 Å². The average Bonchev–Trinajstić information content (AvgIpc) is 3.87. The van der Waals surface area contributed by atoms with Gasteiger partial charge in [0.05, 0.1) is 12.8 Å². The van der Waals surface area contributed by atoms with Crippen molar-refractivity contribution in [3.05, 3.63) is 41.6 Å². The summed E-state index contributed by atoms with van der Waals surface area (Å²) >= 11 is 0. The first-order chi connectivity index (χ1) is 18.5. The summed E-state index contributed by atoms with van der Waals surface area (Å²) in [6, 6.07) is 9.06. The van der Waals surface area contributed by atoms with E-state index in [1.165, 1.54) is 24.0 Å². The van der Waals surface area contributed by atoms with Gasteiger partial charge >= 0.3 is 0 Å². The third-order valence-electron chi connectivity index (χ3n) is 8.02. The monoisotopic (exact) mass is 520 g/mol. The number of anilines is 2. The highest BCUT2D eigenvalue weighted by atomic mass is 16.5. The van der Waals surface area contributed by atoms with Gasteiger partial charge in [-0.3, -0.25) is 4.79 Å². The van der Waals surface area contributed by atoms with Gasteiger partial charge in [0.2, 0.25) is 6.41 Å². The first-order valence-corrected chi connectivity index (χ1v) is 13.8. The summed E-state index contributed by atoms with van der Waals surface area (Å²) < 4.78 is 7.42. The van der Waals surface area contributed by atoms with Crippen LogP contribution in [0.4, 0.5) is 11.6 Å². The summed E-state index contributed by atoms with van der Waals surface area (Å²) in [4.78, 5) is 14.5. The molecule has 38 heavy (non-hydrogen) atoms. The minimum Gasteiger partial charge on any atom is -0.396 e. The van der Waals surface area contributed by atoms with Crippen LogP contribution in [0.1, 0.15) is 49.7 Å². The number of rotatable bonds is 10. The Balaban J connectivity index is 0.000000433. The number of fused-ring (bicyclic) bond motifs is 1. The molecule has 3 aromatic rings. The second-order valence-electron chi connectivity index (χ2n) is 11.1. The van der Waals surface area contributed by atoms with Gasteiger partial charge in [-0.05, 0) is 75.0 Å². The molecule has 9 heteroatoms. The van der Waals surface area contributed by atoms with Crippen LogP contribution in [0.5, 0.6) is 0 Å². The van der Waals surface area contributed by atoms with Crippen LogP contribution in [-0.2, 0) is 9.53 Å². The van der Waals surface area contributed by atoms with Gasteiger partial charge < -0.3 is 25.8 Å². The van der Waals surface area contributed by atoms with Crippen molar-refractivity contribution in [2.45, 2.75) is 58.4 Å². The lowest BCUT2D eigenvalue weighted by atomic mass is 10.0. The lowest BCUT2D eigenvalue weighted by Gasteiger charge is -2.23. The number of hydrogen-bond acceptors (Lipinski definition) is 7. The highest BCUT2D eigenvalue weighted by Crippen LogP contribution is 2.45. The Morgan fingerprint density at radius 3 is 2.53 bits per heavy atom. The maximum atomic E-state index is 9.70. The number of aliphatic hydroxyl groups excluding tert-OH is 1. The van der Waals surface area contributed by atoms with Crippen molar-refractivity contribution in [3.63, 3.8) is 0 Å². The molecule has 1 saturated heterocycles. The molecule has 3 aliphatic rings. The van der Waals surface area contributed by atoms with E-state index in [1.807, 2.05) is 16.8 Å². The largest absolute Gasteiger partial charge is 0.396 e. The van der Waals surface area contributed by atoms with Crippen LogP contribution >= 0.6 is 0 Å². The van der Waals surface area contributed by atoms with Crippen molar-refractivity contribution in [1.82, 2.24) is 19.9 Å². The van der Waals surface area contributed by atoms with E-state index in [-0.39, 0.29) is 12.0 Å². The maximum absolute atomic E-state index is 9.70. The molecule has 1 aromatic carbocycles. The van der Waals surface area contributed by atoms with Crippen LogP contribution in [0.15, 0.2) is 30.5 Å². The van der Waals surface area contributed by atoms with Crippen molar-refractivity contribution in [3.8, 4) is 11.1 Å². The smallest absolute Gasteiger partial charge is 0.207 e. The molecule has 0 atom stereocenters. The predicted molar refractivity (Wildman–Crippen MR) is 149 cm³/mol. The number of nitrogens with one attached hydrogen (secondary N) is 3. The fraction of sp³-hybridized carbons (Fsp3) is 0.552. The van der Waals surface area contributed by atoms with Crippen LogP contribution in [-0.4, -0.2) is 65.1 Å². The Labute approximate surface area is 224 Å². The topological polar surface area (TPSA) is 113 Å². The van der Waals surface area contributed by atoms with Crippen LogP contribution in [0, 0.1) is 25.2 Å². The zero-order valence-corrected chi connectivity index (χ0v) is 22.5. The summed E-state index contributed by atoms with van der Waals surface area (Å²) in [7, 11) is 0. The lowest BCUT2D eigenvalue weighted by Crippen LogP contribution is -2.24. The van der Waals surface area contributed by atoms with Crippen LogP contribution in [0.25, 0.3) is 16.8 Å². The molecule has 0 radical (unpaired) electrons. The highest BCUT2D eigenvalue weighted by Gasteiger charge is 2.41. The van der Waals surface area contributed by atoms with Gasteiger partial charge in [-0.15, -0.1) is 0 Å². The fourth-order valence-corrected chi connectivity index (χ4v) is 4.68. The predicted octanol–water partition coefficient (Wildman–Crippen LogP) is 3.93. The van der Waals surface area contributed by atoms with E-state index < -0.39 is 0 Å². The summed E-state index contributed by atoms with van der Waals surface area (Å²) in [5, 5.41) is 24.1. The van der Waals surface area contributed by atoms with Gasteiger partial charge in [-0.2, -0.15) is 9.61 Å². The van der Waals surface area contributed by atoms with Crippen molar-refractivity contribution >= 4 is 23.7 Å². The lowest BCUT2D eigenvalue weighted by molar-refractivity contribution is -0.109. The van der Waals surface area contributed by atoms with E-state index in [1.54, 1.807) is 0 Å². The van der Waals surface area contributed by atoms with Gasteiger partial charge in [0.25, 0.3) is 0 Å². The zero-order valence-electron chi connectivity index (χ0n) is 22.5. The molecule has 1 aliphatic heterocycles. The zero-order chi connectivity index (χ0) is 26.5. The Morgan fingerprint density at radius 2 is 1.89 bits per heavy atom. The van der Waals surface area contributed by atoms with Gasteiger partial charge in [-0.25, -0.2) is 4.98 Å². The van der Waals surface area contributed by atoms with Crippen LogP contribution in [0.2, 0.25) is 0 Å². The number of aryl methyl sites for hydroxylation is 2. The van der Waals surface area contributed by atoms with Gasteiger partial charge in [0, 0.05) is 49.4 Å². The molecule has 2 aromatic heterocycles. The fourth-order valence-electron chi connectivity index (χ4n) is 4.68. The molecule has 2 aliphatic carbocycles. The van der Waals surface area contributed by atoms with E-state index in [0.717, 1.165) is 86.8 Å². The van der Waals surface area contributed by atoms with Crippen molar-refractivity contribution < 1.29 is 14.6 Å². The molecule has 0 unspecified atom stereocenters. The molecular weight excluding hydrogens is 480 g/mol. The highest BCUT2D eigenvalue weighted by molar-refractivity contribution is 5.80. The van der Waals surface area contributed by atoms with E-state index in [4.69, 9.17) is 9.72 Å². The molecule has 2 saturated carbocycles. The second kappa shape index (κ2) is 11.7. The quantitative estimate of drug-likeness (QED) is 0.300. The SMILES string of the molecule is Cc1ccc(-c2cnn3c(NCC4CCOCC4)cc(NCC4(CO)CC4)nc23)cc1C.O=CNC1CC1. The molecule has 3 fully saturated rings. The van der Waals surface area contributed by atoms with Crippen molar-refractivity contribution in [1.29, 1.82) is 0 Å². The number of carbonyl (C=O) groups is 1. The number of nitrogens with zero attached hydrogens (tertiary/aromatic N) is 3. The molecule has 1 amide bonds. The Morgan fingerprint density at radius 1 is 1.11 bits per heavy atom. The van der Waals surface area contributed by atoms with Crippen molar-refractivity contribution in [2.75, 3.05) is 43.5 Å². The Hall–Kier alpha value is -3.17. The van der Waals surface area contributed by atoms with Gasteiger partial charge in [0.15, 0.2) is 5.65 Å². The maximum Gasteiger partial charge on any atom is 0.207 e. The Kier molecular flexibility index (Phi) is 8.14. The molecule has 204 valence electrons. The minimum atomic E-state index is 0.0145. The molecule has 4 N–H and O–H groups in total. The number of benzene rings is 1. The average molecular weight is 521 g/mol. The first kappa shape index (κ1) is 26.4. The van der Waals surface area contributed by atoms with Crippen LogP contribution < -0.4 is 16.0 Å². The number of hydrogen-bond donors (Lipinski definition) is 4. The number of amides is 1. The molecule has 0 bridgehead atoms. The third-order valence-corrected chi connectivity index (χ3v) is 8.02. The molecule has 3 heterocycles. The van der Waals surface area contributed by atoms with Gasteiger partial charge in [0.1, 0.15) is 11.6 Å². The minimum absolute atomic E-state index is 0.0145. The number of carbonyl (C=O) groups excluding carboxylic acids is 1. The van der Waals surface area contributed by atoms with E-state index in [2.05, 4.69) is 53.1 Å². The summed E-state index contributed by atoms with van der Waals surface area (Å²) in [6.45, 7) is 7.79. The second-order valence-corrected chi connectivity index (χ2v) is 11.1.